The summed E-state index contributed by atoms with van der Waals surface area (Å²) < 4.78 is 29.3. The Morgan fingerprint density at radius 2 is 2.25 bits per heavy atom. The molecule has 1 aliphatic heterocycles. The van der Waals surface area contributed by atoms with Gasteiger partial charge >= 0.3 is 0 Å². The van der Waals surface area contributed by atoms with Crippen molar-refractivity contribution in [1.82, 2.24) is 5.32 Å². The standard InChI is InChI=1S/C11H23NO3S/c1-3-6-12-8-10(2)16(13,14)9-11-5-4-7-15-11/h10-12H,3-9H2,1-2H3. The second-order valence-electron chi connectivity index (χ2n) is 4.48. The first kappa shape index (κ1) is 13.9. The zero-order valence-corrected chi connectivity index (χ0v) is 11.1. The third-order valence-electron chi connectivity index (χ3n) is 2.91. The lowest BCUT2D eigenvalue weighted by atomic mass is 10.3. The summed E-state index contributed by atoms with van der Waals surface area (Å²) in [6.45, 7) is 5.97. The van der Waals surface area contributed by atoms with Gasteiger partial charge in [0.15, 0.2) is 9.84 Å². The molecule has 0 aliphatic carbocycles. The highest BCUT2D eigenvalue weighted by Gasteiger charge is 2.27. The molecular weight excluding hydrogens is 226 g/mol. The highest BCUT2D eigenvalue weighted by molar-refractivity contribution is 7.92. The maximum Gasteiger partial charge on any atom is 0.156 e. The summed E-state index contributed by atoms with van der Waals surface area (Å²) in [5, 5.41) is 2.83. The molecule has 0 aromatic carbocycles. The molecule has 0 spiro atoms. The summed E-state index contributed by atoms with van der Waals surface area (Å²) >= 11 is 0. The van der Waals surface area contributed by atoms with Gasteiger partial charge in [0.1, 0.15) is 0 Å². The zero-order valence-electron chi connectivity index (χ0n) is 10.2. The van der Waals surface area contributed by atoms with Crippen LogP contribution < -0.4 is 5.32 Å². The molecule has 1 N–H and O–H groups in total. The van der Waals surface area contributed by atoms with Crippen LogP contribution in [0, 0.1) is 0 Å². The topological polar surface area (TPSA) is 55.4 Å². The number of hydrogen-bond donors (Lipinski definition) is 1. The molecule has 2 atom stereocenters. The van der Waals surface area contributed by atoms with E-state index in [0.717, 1.165) is 25.8 Å². The predicted molar refractivity (Wildman–Crippen MR) is 65.4 cm³/mol. The van der Waals surface area contributed by atoms with E-state index in [2.05, 4.69) is 12.2 Å². The van der Waals surface area contributed by atoms with Crippen LogP contribution >= 0.6 is 0 Å². The maximum absolute atomic E-state index is 12.0. The summed E-state index contributed by atoms with van der Waals surface area (Å²) in [6.07, 6.45) is 2.83. The van der Waals surface area contributed by atoms with E-state index in [9.17, 15) is 8.42 Å². The van der Waals surface area contributed by atoms with Gasteiger partial charge in [-0.15, -0.1) is 0 Å². The summed E-state index contributed by atoms with van der Waals surface area (Å²) in [7, 11) is -3.01. The third-order valence-corrected chi connectivity index (χ3v) is 5.14. The molecule has 5 heteroatoms. The minimum Gasteiger partial charge on any atom is -0.377 e. The van der Waals surface area contributed by atoms with E-state index in [1.54, 1.807) is 6.92 Å². The number of rotatable bonds is 7. The molecular formula is C11H23NO3S. The van der Waals surface area contributed by atoms with Gasteiger partial charge in [0, 0.05) is 13.2 Å². The summed E-state index contributed by atoms with van der Waals surface area (Å²) in [4.78, 5) is 0. The van der Waals surface area contributed by atoms with Gasteiger partial charge in [0.05, 0.1) is 17.1 Å². The molecule has 1 rings (SSSR count). The molecule has 1 saturated heterocycles. The summed E-state index contributed by atoms with van der Waals surface area (Å²) in [5.41, 5.74) is 0. The van der Waals surface area contributed by atoms with Gasteiger partial charge in [0.2, 0.25) is 0 Å². The molecule has 1 fully saturated rings. The van der Waals surface area contributed by atoms with Crippen molar-refractivity contribution in [3.05, 3.63) is 0 Å². The van der Waals surface area contributed by atoms with Crippen LogP contribution in [0.4, 0.5) is 0 Å². The number of ether oxygens (including phenoxy) is 1. The van der Waals surface area contributed by atoms with Gasteiger partial charge in [0.25, 0.3) is 0 Å². The van der Waals surface area contributed by atoms with E-state index in [1.165, 1.54) is 0 Å². The molecule has 1 aliphatic rings. The van der Waals surface area contributed by atoms with E-state index < -0.39 is 9.84 Å². The smallest absolute Gasteiger partial charge is 0.156 e. The number of sulfone groups is 1. The lowest BCUT2D eigenvalue weighted by Crippen LogP contribution is -2.35. The van der Waals surface area contributed by atoms with Gasteiger partial charge in [-0.3, -0.25) is 0 Å². The van der Waals surface area contributed by atoms with Crippen LogP contribution in [0.2, 0.25) is 0 Å². The highest BCUT2D eigenvalue weighted by atomic mass is 32.2. The van der Waals surface area contributed by atoms with Gasteiger partial charge < -0.3 is 10.1 Å². The lowest BCUT2D eigenvalue weighted by molar-refractivity contribution is 0.127. The van der Waals surface area contributed by atoms with Gasteiger partial charge in [-0.05, 0) is 32.7 Å². The number of hydrogen-bond acceptors (Lipinski definition) is 4. The van der Waals surface area contributed by atoms with Crippen LogP contribution in [0.1, 0.15) is 33.1 Å². The van der Waals surface area contributed by atoms with Crippen LogP contribution in [0.25, 0.3) is 0 Å². The Morgan fingerprint density at radius 1 is 1.50 bits per heavy atom. The van der Waals surface area contributed by atoms with Crippen molar-refractivity contribution in [2.24, 2.45) is 0 Å². The second kappa shape index (κ2) is 6.57. The fraction of sp³-hybridized carbons (Fsp3) is 1.00. The largest absolute Gasteiger partial charge is 0.377 e. The Hall–Kier alpha value is -0.130. The Kier molecular flexibility index (Phi) is 5.72. The molecule has 0 radical (unpaired) electrons. The maximum atomic E-state index is 12.0. The first-order valence-electron chi connectivity index (χ1n) is 6.10. The molecule has 96 valence electrons. The SMILES string of the molecule is CCCNCC(C)S(=O)(=O)CC1CCCO1. The lowest BCUT2D eigenvalue weighted by Gasteiger charge is -2.16. The van der Waals surface area contributed by atoms with Crippen LogP contribution in [0.5, 0.6) is 0 Å². The van der Waals surface area contributed by atoms with Crippen molar-refractivity contribution in [2.75, 3.05) is 25.4 Å². The highest BCUT2D eigenvalue weighted by Crippen LogP contribution is 2.16. The monoisotopic (exact) mass is 249 g/mol. The van der Waals surface area contributed by atoms with E-state index in [0.29, 0.717) is 13.2 Å². The van der Waals surface area contributed by atoms with Gasteiger partial charge in [-0.2, -0.15) is 0 Å². The normalized spacial score (nSPS) is 23.5. The Bertz CT molecular complexity index is 284. The quantitative estimate of drug-likeness (QED) is 0.683. The molecule has 0 bridgehead atoms. The van der Waals surface area contributed by atoms with Gasteiger partial charge in [-0.1, -0.05) is 6.92 Å². The first-order chi connectivity index (χ1) is 7.56. The van der Waals surface area contributed by atoms with E-state index in [4.69, 9.17) is 4.74 Å². The molecule has 0 aromatic rings. The average molecular weight is 249 g/mol. The van der Waals surface area contributed by atoms with E-state index >= 15 is 0 Å². The van der Waals surface area contributed by atoms with E-state index in [-0.39, 0.29) is 17.1 Å². The molecule has 16 heavy (non-hydrogen) atoms. The van der Waals surface area contributed by atoms with Crippen molar-refractivity contribution < 1.29 is 13.2 Å². The molecule has 2 unspecified atom stereocenters. The van der Waals surface area contributed by atoms with Crippen molar-refractivity contribution in [3.63, 3.8) is 0 Å². The Balaban J connectivity index is 2.36. The molecule has 0 amide bonds. The fourth-order valence-electron chi connectivity index (χ4n) is 1.81. The first-order valence-corrected chi connectivity index (χ1v) is 7.81. The summed E-state index contributed by atoms with van der Waals surface area (Å²) in [5.74, 6) is 0.183. The van der Waals surface area contributed by atoms with Crippen LogP contribution in [-0.2, 0) is 14.6 Å². The summed E-state index contributed by atoms with van der Waals surface area (Å²) in [6, 6.07) is 0. The van der Waals surface area contributed by atoms with Crippen molar-refractivity contribution in [2.45, 2.75) is 44.5 Å². The number of nitrogens with one attached hydrogen (secondary N) is 1. The molecule has 1 heterocycles. The van der Waals surface area contributed by atoms with Crippen LogP contribution in [0.3, 0.4) is 0 Å². The third kappa shape index (κ3) is 4.39. The molecule has 0 saturated carbocycles. The zero-order chi connectivity index (χ0) is 12.0. The van der Waals surface area contributed by atoms with Crippen molar-refractivity contribution in [1.29, 1.82) is 0 Å². The molecule has 4 nitrogen and oxygen atoms in total. The molecule has 0 aromatic heterocycles. The van der Waals surface area contributed by atoms with Crippen LogP contribution in [0.15, 0.2) is 0 Å². The van der Waals surface area contributed by atoms with Gasteiger partial charge in [-0.25, -0.2) is 8.42 Å². The van der Waals surface area contributed by atoms with Crippen molar-refractivity contribution in [3.8, 4) is 0 Å². The Morgan fingerprint density at radius 3 is 2.81 bits per heavy atom. The van der Waals surface area contributed by atoms with Crippen molar-refractivity contribution >= 4 is 9.84 Å². The Labute approximate surface area is 98.7 Å². The van der Waals surface area contributed by atoms with E-state index in [1.807, 2.05) is 0 Å². The fourth-order valence-corrected chi connectivity index (χ4v) is 3.29. The minimum atomic E-state index is -3.01. The second-order valence-corrected chi connectivity index (χ2v) is 6.94. The average Bonchev–Trinajstić information content (AvgIpc) is 2.70. The minimum absolute atomic E-state index is 0.0707. The van der Waals surface area contributed by atoms with Crippen LogP contribution in [-0.4, -0.2) is 45.2 Å². The predicted octanol–water partition coefficient (Wildman–Crippen LogP) is 0.968.